The van der Waals surface area contributed by atoms with Gasteiger partial charge in [0.1, 0.15) is 0 Å². The van der Waals surface area contributed by atoms with Crippen LogP contribution in [0.15, 0.2) is 0 Å². The van der Waals surface area contributed by atoms with E-state index < -0.39 is 5.97 Å². The normalized spacial score (nSPS) is 51.8. The summed E-state index contributed by atoms with van der Waals surface area (Å²) in [5.41, 5.74) is -0.263. The van der Waals surface area contributed by atoms with Crippen LogP contribution < -0.4 is 0 Å². The molecule has 4 rings (SSSR count). The minimum Gasteiger partial charge on any atom is -0.481 e. The zero-order chi connectivity index (χ0) is 14.2. The largest absolute Gasteiger partial charge is 0.481 e. The zero-order valence-electron chi connectivity index (χ0n) is 12.4. The molecule has 4 fully saturated rings. The summed E-state index contributed by atoms with van der Waals surface area (Å²) >= 11 is 0. The van der Waals surface area contributed by atoms with E-state index in [0.717, 1.165) is 25.7 Å². The maximum absolute atomic E-state index is 11.4. The van der Waals surface area contributed by atoms with Crippen molar-refractivity contribution in [3.63, 3.8) is 0 Å². The van der Waals surface area contributed by atoms with Crippen molar-refractivity contribution in [1.29, 1.82) is 0 Å². The highest BCUT2D eigenvalue weighted by Gasteiger charge is 2.73. The van der Waals surface area contributed by atoms with Gasteiger partial charge in [-0.3, -0.25) is 4.79 Å². The number of rotatable bonds is 3. The average Bonchev–Trinajstić information content (AvgIpc) is 3.22. The number of epoxide rings is 2. The third kappa shape index (κ3) is 1.64. The molecule has 1 N–H and O–H groups in total. The number of carboxylic acids is 1. The molecule has 4 heteroatoms. The highest BCUT2D eigenvalue weighted by Crippen LogP contribution is 2.65. The quantitative estimate of drug-likeness (QED) is 0.807. The van der Waals surface area contributed by atoms with Gasteiger partial charge in [0.05, 0.1) is 29.3 Å². The second-order valence-corrected chi connectivity index (χ2v) is 7.91. The predicted molar refractivity (Wildman–Crippen MR) is 72.4 cm³/mol. The minimum absolute atomic E-state index is 0.0818. The van der Waals surface area contributed by atoms with Crippen LogP contribution in [-0.4, -0.2) is 34.5 Å². The molecule has 2 aliphatic heterocycles. The van der Waals surface area contributed by atoms with Crippen molar-refractivity contribution in [1.82, 2.24) is 0 Å². The molecule has 0 spiro atoms. The lowest BCUT2D eigenvalue weighted by molar-refractivity contribution is -0.147. The second-order valence-electron chi connectivity index (χ2n) is 7.91. The predicted octanol–water partition coefficient (Wildman–Crippen LogP) is 2.75. The summed E-state index contributed by atoms with van der Waals surface area (Å²) in [6, 6.07) is 0. The Morgan fingerprint density at radius 2 is 1.95 bits per heavy atom. The summed E-state index contributed by atoms with van der Waals surface area (Å²) in [7, 11) is 0. The zero-order valence-corrected chi connectivity index (χ0v) is 12.4. The van der Waals surface area contributed by atoms with Crippen LogP contribution in [0.4, 0.5) is 0 Å². The molecular formula is C16H24O4. The van der Waals surface area contributed by atoms with E-state index in [1.807, 2.05) is 0 Å². The molecule has 112 valence electrons. The van der Waals surface area contributed by atoms with Gasteiger partial charge in [-0.25, -0.2) is 0 Å². The second kappa shape index (κ2) is 3.77. The molecule has 0 radical (unpaired) electrons. The Morgan fingerprint density at radius 1 is 1.15 bits per heavy atom. The fourth-order valence-electron chi connectivity index (χ4n) is 5.12. The Bertz CT molecular complexity index is 459. The Morgan fingerprint density at radius 3 is 2.65 bits per heavy atom. The van der Waals surface area contributed by atoms with Crippen LogP contribution in [0.1, 0.15) is 58.8 Å². The number of fused-ring (bicyclic) bond motifs is 2. The number of hydrogen-bond donors (Lipinski definition) is 1. The van der Waals surface area contributed by atoms with Crippen LogP contribution in [0.25, 0.3) is 0 Å². The number of carbonyl (C=O) groups is 1. The summed E-state index contributed by atoms with van der Waals surface area (Å²) in [5, 5.41) is 9.39. The smallest absolute Gasteiger partial charge is 0.307 e. The molecule has 0 aromatic carbocycles. The van der Waals surface area contributed by atoms with E-state index in [4.69, 9.17) is 9.47 Å². The maximum atomic E-state index is 11.4. The van der Waals surface area contributed by atoms with E-state index in [0.29, 0.717) is 6.10 Å². The molecule has 0 amide bonds. The van der Waals surface area contributed by atoms with Crippen LogP contribution in [0.2, 0.25) is 0 Å². The molecule has 2 aliphatic carbocycles. The fourth-order valence-corrected chi connectivity index (χ4v) is 5.12. The SMILES string of the molecule is CC1(C)C(C(=O)O)CCC2(CC34CCCCC3O4)OC21. The molecule has 5 atom stereocenters. The van der Waals surface area contributed by atoms with Gasteiger partial charge in [0, 0.05) is 11.8 Å². The number of ether oxygens (including phenoxy) is 2. The van der Waals surface area contributed by atoms with E-state index in [-0.39, 0.29) is 28.6 Å². The number of hydrogen-bond acceptors (Lipinski definition) is 3. The molecule has 20 heavy (non-hydrogen) atoms. The lowest BCUT2D eigenvalue weighted by atomic mass is 9.63. The molecule has 2 heterocycles. The maximum Gasteiger partial charge on any atom is 0.307 e. The van der Waals surface area contributed by atoms with E-state index in [1.165, 1.54) is 19.3 Å². The summed E-state index contributed by atoms with van der Waals surface area (Å²) in [5.74, 6) is -0.946. The van der Waals surface area contributed by atoms with Crippen molar-refractivity contribution in [3.8, 4) is 0 Å². The summed E-state index contributed by atoms with van der Waals surface area (Å²) in [6.07, 6.45) is 8.08. The fraction of sp³-hybridized carbons (Fsp3) is 0.938. The van der Waals surface area contributed by atoms with Crippen LogP contribution in [0.5, 0.6) is 0 Å². The van der Waals surface area contributed by atoms with Crippen molar-refractivity contribution in [2.45, 2.75) is 82.2 Å². The lowest BCUT2D eigenvalue weighted by Gasteiger charge is -2.37. The standard InChI is InChI=1S/C16H24O4/c1-14(2)10(12(17)18)6-8-16(13(14)20-16)9-15-7-4-3-5-11(15)19-15/h10-11,13H,3-9H2,1-2H3,(H,17,18). The van der Waals surface area contributed by atoms with Gasteiger partial charge in [-0.05, 0) is 25.7 Å². The van der Waals surface area contributed by atoms with Gasteiger partial charge >= 0.3 is 5.97 Å². The Kier molecular flexibility index (Phi) is 2.47. The first-order valence-corrected chi connectivity index (χ1v) is 7.98. The summed E-state index contributed by atoms with van der Waals surface area (Å²) in [4.78, 5) is 11.4. The summed E-state index contributed by atoms with van der Waals surface area (Å²) < 4.78 is 12.1. The third-order valence-electron chi connectivity index (χ3n) is 6.32. The van der Waals surface area contributed by atoms with Crippen LogP contribution >= 0.6 is 0 Å². The number of aliphatic carboxylic acids is 1. The minimum atomic E-state index is -0.671. The van der Waals surface area contributed by atoms with Gasteiger partial charge in [-0.1, -0.05) is 26.7 Å². The van der Waals surface area contributed by atoms with Gasteiger partial charge in [0.25, 0.3) is 0 Å². The van der Waals surface area contributed by atoms with E-state index in [1.54, 1.807) is 0 Å². The highest BCUT2D eigenvalue weighted by molar-refractivity contribution is 5.71. The van der Waals surface area contributed by atoms with Crippen molar-refractivity contribution in [2.24, 2.45) is 11.3 Å². The highest BCUT2D eigenvalue weighted by atomic mass is 16.6. The molecule has 0 aromatic rings. The summed E-state index contributed by atoms with van der Waals surface area (Å²) in [6.45, 7) is 4.11. The van der Waals surface area contributed by atoms with Gasteiger partial charge in [-0.15, -0.1) is 0 Å². The monoisotopic (exact) mass is 280 g/mol. The van der Waals surface area contributed by atoms with Crippen molar-refractivity contribution in [2.75, 3.05) is 0 Å². The molecule has 4 aliphatic rings. The first-order chi connectivity index (χ1) is 9.40. The topological polar surface area (TPSA) is 62.4 Å². The van der Waals surface area contributed by atoms with E-state index >= 15 is 0 Å². The molecule has 2 saturated heterocycles. The molecule has 2 saturated carbocycles. The van der Waals surface area contributed by atoms with E-state index in [2.05, 4.69) is 13.8 Å². The Labute approximate surface area is 119 Å². The van der Waals surface area contributed by atoms with Crippen molar-refractivity contribution < 1.29 is 19.4 Å². The van der Waals surface area contributed by atoms with Crippen LogP contribution in [0, 0.1) is 11.3 Å². The van der Waals surface area contributed by atoms with Crippen molar-refractivity contribution >= 4 is 5.97 Å². The first kappa shape index (κ1) is 13.1. The molecular weight excluding hydrogens is 256 g/mol. The Balaban J connectivity index is 1.51. The molecule has 5 unspecified atom stereocenters. The number of carboxylic acid groups (broad SMARTS) is 1. The van der Waals surface area contributed by atoms with Gasteiger partial charge in [-0.2, -0.15) is 0 Å². The lowest BCUT2D eigenvalue weighted by Crippen LogP contribution is -2.44. The van der Waals surface area contributed by atoms with Crippen LogP contribution in [0.3, 0.4) is 0 Å². The van der Waals surface area contributed by atoms with Gasteiger partial charge in [0.15, 0.2) is 0 Å². The van der Waals surface area contributed by atoms with E-state index in [9.17, 15) is 9.90 Å². The first-order valence-electron chi connectivity index (χ1n) is 7.98. The average molecular weight is 280 g/mol. The Hall–Kier alpha value is -0.610. The van der Waals surface area contributed by atoms with Gasteiger partial charge < -0.3 is 14.6 Å². The third-order valence-corrected chi connectivity index (χ3v) is 6.32. The van der Waals surface area contributed by atoms with Gasteiger partial charge in [0.2, 0.25) is 0 Å². The van der Waals surface area contributed by atoms with Crippen LogP contribution in [-0.2, 0) is 14.3 Å². The van der Waals surface area contributed by atoms with Crippen molar-refractivity contribution in [3.05, 3.63) is 0 Å². The molecule has 4 nitrogen and oxygen atoms in total. The molecule has 0 aromatic heterocycles. The molecule has 0 bridgehead atoms.